The summed E-state index contributed by atoms with van der Waals surface area (Å²) in [5.41, 5.74) is 2.41. The number of amides is 3. The van der Waals surface area contributed by atoms with Crippen LogP contribution >= 0.6 is 11.6 Å². The second-order valence-corrected chi connectivity index (χ2v) is 8.00. The molecule has 3 amide bonds. The van der Waals surface area contributed by atoms with Gasteiger partial charge in [-0.05, 0) is 43.2 Å². The molecular formula is C22H26ClN5O4. The molecule has 2 aromatic rings. The Balaban J connectivity index is 1.36. The zero-order valence-electron chi connectivity index (χ0n) is 17.8. The molecule has 0 spiro atoms. The van der Waals surface area contributed by atoms with Crippen molar-refractivity contribution in [2.24, 2.45) is 0 Å². The summed E-state index contributed by atoms with van der Waals surface area (Å²) >= 11 is 6.10. The van der Waals surface area contributed by atoms with Crippen LogP contribution < -0.4 is 10.6 Å². The largest absolute Gasteiger partial charge is 0.385 e. The fourth-order valence-corrected chi connectivity index (χ4v) is 3.54. The summed E-state index contributed by atoms with van der Waals surface area (Å²) < 4.78 is 0. The summed E-state index contributed by atoms with van der Waals surface area (Å²) in [5.74, 6) is 0.0564. The first-order chi connectivity index (χ1) is 15.3. The van der Waals surface area contributed by atoms with Crippen LogP contribution in [0, 0.1) is 17.0 Å². The van der Waals surface area contributed by atoms with Gasteiger partial charge in [-0.15, -0.1) is 0 Å². The predicted molar refractivity (Wildman–Crippen MR) is 124 cm³/mol. The van der Waals surface area contributed by atoms with E-state index >= 15 is 0 Å². The van der Waals surface area contributed by atoms with Crippen molar-refractivity contribution in [2.45, 2.75) is 19.8 Å². The van der Waals surface area contributed by atoms with Crippen molar-refractivity contribution >= 4 is 40.6 Å². The van der Waals surface area contributed by atoms with E-state index in [4.69, 9.17) is 11.6 Å². The molecule has 10 heteroatoms. The van der Waals surface area contributed by atoms with Crippen LogP contribution in [0.5, 0.6) is 0 Å². The van der Waals surface area contributed by atoms with Crippen molar-refractivity contribution < 1.29 is 14.5 Å². The van der Waals surface area contributed by atoms with Gasteiger partial charge in [-0.25, -0.2) is 4.79 Å². The highest BCUT2D eigenvalue weighted by molar-refractivity contribution is 6.31. The molecule has 32 heavy (non-hydrogen) atoms. The quantitative estimate of drug-likeness (QED) is 0.368. The number of urea groups is 1. The van der Waals surface area contributed by atoms with E-state index < -0.39 is 4.92 Å². The Morgan fingerprint density at radius 2 is 1.66 bits per heavy atom. The molecule has 1 saturated heterocycles. The fourth-order valence-electron chi connectivity index (χ4n) is 3.36. The molecule has 170 valence electrons. The number of nitrogens with one attached hydrogen (secondary N) is 2. The zero-order valence-corrected chi connectivity index (χ0v) is 18.6. The molecule has 0 saturated carbocycles. The monoisotopic (exact) mass is 459 g/mol. The Labute approximate surface area is 191 Å². The van der Waals surface area contributed by atoms with E-state index in [1.807, 2.05) is 19.1 Å². The van der Waals surface area contributed by atoms with E-state index in [2.05, 4.69) is 10.6 Å². The molecule has 1 heterocycles. The Morgan fingerprint density at radius 1 is 1.03 bits per heavy atom. The first-order valence-corrected chi connectivity index (χ1v) is 10.8. The average Bonchev–Trinajstić information content (AvgIpc) is 2.79. The second-order valence-electron chi connectivity index (χ2n) is 7.60. The van der Waals surface area contributed by atoms with Crippen LogP contribution in [0.25, 0.3) is 0 Å². The van der Waals surface area contributed by atoms with E-state index in [1.54, 1.807) is 28.0 Å². The molecule has 3 rings (SSSR count). The number of non-ortho nitro benzene ring substituents is 1. The molecule has 0 radical (unpaired) electrons. The van der Waals surface area contributed by atoms with Gasteiger partial charge in [0.25, 0.3) is 5.69 Å². The fraction of sp³-hybridized carbons (Fsp3) is 0.364. The lowest BCUT2D eigenvalue weighted by Crippen LogP contribution is -2.51. The van der Waals surface area contributed by atoms with Crippen molar-refractivity contribution in [1.29, 1.82) is 0 Å². The number of aryl methyl sites for hydroxylation is 1. The number of halogens is 1. The number of rotatable bonds is 7. The van der Waals surface area contributed by atoms with Crippen molar-refractivity contribution in [1.82, 2.24) is 9.80 Å². The van der Waals surface area contributed by atoms with Gasteiger partial charge in [0.2, 0.25) is 5.91 Å². The smallest absolute Gasteiger partial charge is 0.321 e. The summed E-state index contributed by atoms with van der Waals surface area (Å²) in [5, 5.41) is 17.3. The summed E-state index contributed by atoms with van der Waals surface area (Å²) in [6, 6.07) is 11.4. The van der Waals surface area contributed by atoms with Gasteiger partial charge in [0.05, 0.1) is 4.92 Å². The second kappa shape index (κ2) is 10.8. The molecule has 0 unspecified atom stereocenters. The molecule has 1 fully saturated rings. The Morgan fingerprint density at radius 3 is 2.28 bits per heavy atom. The summed E-state index contributed by atoms with van der Waals surface area (Å²) in [7, 11) is 0. The SMILES string of the molecule is Cc1ccc(NC(=O)N2CCN(C(=O)CCCNc3ccc([N+](=O)[O-])cc3)CC2)cc1Cl. The molecule has 0 aliphatic carbocycles. The van der Waals surface area contributed by atoms with Crippen LogP contribution in [0.15, 0.2) is 42.5 Å². The van der Waals surface area contributed by atoms with Gasteiger partial charge in [0.1, 0.15) is 0 Å². The number of anilines is 2. The number of benzene rings is 2. The first kappa shape index (κ1) is 23.3. The maximum atomic E-state index is 12.5. The molecule has 2 N–H and O–H groups in total. The highest BCUT2D eigenvalue weighted by Gasteiger charge is 2.24. The molecule has 1 aliphatic heterocycles. The number of nitro groups is 1. The minimum atomic E-state index is -0.441. The maximum Gasteiger partial charge on any atom is 0.321 e. The Kier molecular flexibility index (Phi) is 7.88. The van der Waals surface area contributed by atoms with E-state index in [1.165, 1.54) is 12.1 Å². The summed E-state index contributed by atoms with van der Waals surface area (Å²) in [4.78, 5) is 38.6. The van der Waals surface area contributed by atoms with Crippen LogP contribution in [0.1, 0.15) is 18.4 Å². The lowest BCUT2D eigenvalue weighted by Gasteiger charge is -2.34. The van der Waals surface area contributed by atoms with Gasteiger partial charge >= 0.3 is 6.03 Å². The molecule has 9 nitrogen and oxygen atoms in total. The third-order valence-electron chi connectivity index (χ3n) is 5.32. The van der Waals surface area contributed by atoms with Crippen molar-refractivity contribution in [3.8, 4) is 0 Å². The first-order valence-electron chi connectivity index (χ1n) is 10.4. The molecule has 2 aromatic carbocycles. The van der Waals surface area contributed by atoms with Crippen molar-refractivity contribution in [3.63, 3.8) is 0 Å². The number of hydrogen-bond acceptors (Lipinski definition) is 5. The molecule has 0 aromatic heterocycles. The third-order valence-corrected chi connectivity index (χ3v) is 5.72. The van der Waals surface area contributed by atoms with Crippen LogP contribution in [0.3, 0.4) is 0 Å². The standard InChI is InChI=1S/C22H26ClN5O4/c1-16-4-5-18(15-20(16)23)25-22(30)27-13-11-26(12-14-27)21(29)3-2-10-24-17-6-8-19(9-7-17)28(31)32/h4-9,15,24H,2-3,10-14H2,1H3,(H,25,30). The highest BCUT2D eigenvalue weighted by Crippen LogP contribution is 2.20. The van der Waals surface area contributed by atoms with E-state index in [-0.39, 0.29) is 17.6 Å². The Bertz CT molecular complexity index is 975. The van der Waals surface area contributed by atoms with Gasteiger partial charge < -0.3 is 20.4 Å². The van der Waals surface area contributed by atoms with Crippen LogP contribution in [0.2, 0.25) is 5.02 Å². The van der Waals surface area contributed by atoms with Gasteiger partial charge in [-0.2, -0.15) is 0 Å². The highest BCUT2D eigenvalue weighted by atomic mass is 35.5. The number of piperazine rings is 1. The topological polar surface area (TPSA) is 108 Å². The number of carbonyl (C=O) groups is 2. The molecule has 1 aliphatic rings. The summed E-state index contributed by atoms with van der Waals surface area (Å²) in [6.07, 6.45) is 1.04. The van der Waals surface area contributed by atoms with E-state index in [9.17, 15) is 19.7 Å². The van der Waals surface area contributed by atoms with E-state index in [0.29, 0.717) is 56.3 Å². The third kappa shape index (κ3) is 6.34. The van der Waals surface area contributed by atoms with Crippen molar-refractivity contribution in [2.75, 3.05) is 43.4 Å². The maximum absolute atomic E-state index is 12.5. The summed E-state index contributed by atoms with van der Waals surface area (Å²) in [6.45, 7) is 4.42. The van der Waals surface area contributed by atoms with E-state index in [0.717, 1.165) is 11.3 Å². The molecular weight excluding hydrogens is 434 g/mol. The normalized spacial score (nSPS) is 13.6. The molecule has 0 atom stereocenters. The predicted octanol–water partition coefficient (Wildman–Crippen LogP) is 4.13. The minimum Gasteiger partial charge on any atom is -0.385 e. The lowest BCUT2D eigenvalue weighted by atomic mass is 10.2. The number of hydrogen-bond donors (Lipinski definition) is 2. The Hall–Kier alpha value is -3.33. The van der Waals surface area contributed by atoms with Crippen LogP contribution in [-0.2, 0) is 4.79 Å². The minimum absolute atomic E-state index is 0.0428. The van der Waals surface area contributed by atoms with Gasteiger partial charge in [0, 0.05) is 67.7 Å². The van der Waals surface area contributed by atoms with Gasteiger partial charge in [-0.1, -0.05) is 17.7 Å². The zero-order chi connectivity index (χ0) is 23.1. The number of nitro benzene ring substituents is 1. The van der Waals surface area contributed by atoms with Gasteiger partial charge in [-0.3, -0.25) is 14.9 Å². The average molecular weight is 460 g/mol. The lowest BCUT2D eigenvalue weighted by molar-refractivity contribution is -0.384. The van der Waals surface area contributed by atoms with Crippen molar-refractivity contribution in [3.05, 3.63) is 63.2 Å². The van der Waals surface area contributed by atoms with Gasteiger partial charge in [0.15, 0.2) is 0 Å². The molecule has 0 bridgehead atoms. The van der Waals surface area contributed by atoms with Crippen LogP contribution in [0.4, 0.5) is 21.9 Å². The number of carbonyl (C=O) groups excluding carboxylic acids is 2. The van der Waals surface area contributed by atoms with Crippen LogP contribution in [-0.4, -0.2) is 59.4 Å². The number of nitrogens with zero attached hydrogens (tertiary/aromatic N) is 3.